The molecule has 5 nitrogen and oxygen atoms in total. The summed E-state index contributed by atoms with van der Waals surface area (Å²) in [5.74, 6) is -2.01. The van der Waals surface area contributed by atoms with Crippen LogP contribution in [0.1, 0.15) is 21.5 Å². The Labute approximate surface area is 155 Å². The van der Waals surface area contributed by atoms with E-state index in [1.165, 1.54) is 24.3 Å². The fourth-order valence-corrected chi connectivity index (χ4v) is 2.54. The van der Waals surface area contributed by atoms with E-state index in [2.05, 4.69) is 4.98 Å². The molecule has 0 aliphatic carbocycles. The van der Waals surface area contributed by atoms with Crippen LogP contribution in [0.3, 0.4) is 0 Å². The number of aromatic amines is 1. The van der Waals surface area contributed by atoms with Gasteiger partial charge >= 0.3 is 0 Å². The molecule has 1 N–H and O–H groups in total. The zero-order valence-corrected chi connectivity index (χ0v) is 15.0. The van der Waals surface area contributed by atoms with Gasteiger partial charge in [-0.3, -0.25) is 4.79 Å². The summed E-state index contributed by atoms with van der Waals surface area (Å²) in [7, 11) is -4.27. The largest absolute Gasteiger partial charge is 0.744 e. The van der Waals surface area contributed by atoms with Crippen LogP contribution in [-0.4, -0.2) is 18.8 Å². The first-order valence-corrected chi connectivity index (χ1v) is 9.08. The summed E-state index contributed by atoms with van der Waals surface area (Å²) in [6.07, 6.45) is 3.13. The van der Waals surface area contributed by atoms with Crippen molar-refractivity contribution in [3.8, 4) is 0 Å². The fraction of sp³-hybridized carbons (Fsp3) is 0.0526. The zero-order chi connectivity index (χ0) is 20.0. The van der Waals surface area contributed by atoms with E-state index in [0.29, 0.717) is 11.6 Å². The Hall–Kier alpha value is -2.97. The number of hydrogen-bond acceptors (Lipinski definition) is 4. The molecule has 0 aliphatic rings. The van der Waals surface area contributed by atoms with Crippen LogP contribution in [0.15, 0.2) is 71.9 Å². The Bertz CT molecular complexity index is 1040. The normalized spacial score (nSPS) is 10.7. The highest BCUT2D eigenvalue weighted by atomic mass is 32.2. The molecule has 0 bridgehead atoms. The van der Waals surface area contributed by atoms with E-state index < -0.39 is 27.5 Å². The van der Waals surface area contributed by atoms with Crippen LogP contribution >= 0.6 is 0 Å². The number of halogens is 2. The van der Waals surface area contributed by atoms with Gasteiger partial charge in [-0.2, -0.15) is 0 Å². The quantitative estimate of drug-likeness (QED) is 0.507. The SMILES string of the molecule is Cc1ccc(S(=O)(=O)[O-])cc1.O=C(c1cc[nH+]cc1)c1ccc(F)cc1F. The highest BCUT2D eigenvalue weighted by Crippen LogP contribution is 2.14. The van der Waals surface area contributed by atoms with Crippen LogP contribution in [0, 0.1) is 18.6 Å². The molecule has 1 aromatic heterocycles. The number of ketones is 1. The van der Waals surface area contributed by atoms with Crippen molar-refractivity contribution in [1.82, 2.24) is 0 Å². The average Bonchev–Trinajstić information content (AvgIpc) is 2.62. The lowest BCUT2D eigenvalue weighted by Gasteiger charge is -2.05. The topological polar surface area (TPSA) is 88.4 Å². The maximum absolute atomic E-state index is 13.3. The monoisotopic (exact) mass is 391 g/mol. The minimum Gasteiger partial charge on any atom is -0.744 e. The summed E-state index contributed by atoms with van der Waals surface area (Å²) in [5, 5.41) is 0. The molecular weight excluding hydrogens is 376 g/mol. The van der Waals surface area contributed by atoms with Crippen molar-refractivity contribution in [2.45, 2.75) is 11.8 Å². The molecule has 0 unspecified atom stereocenters. The minimum atomic E-state index is -4.27. The van der Waals surface area contributed by atoms with Gasteiger partial charge in [0, 0.05) is 23.8 Å². The predicted octanol–water partition coefficient (Wildman–Crippen LogP) is 2.91. The maximum atomic E-state index is 13.3. The standard InChI is InChI=1S/C12H7F2NO.C7H8O3S/c13-9-1-2-10(11(14)7-9)12(16)8-3-5-15-6-4-8;1-6-2-4-7(5-3-6)11(8,9)10/h1-7H;2-5H,1H3,(H,8,9,10). The summed E-state index contributed by atoms with van der Waals surface area (Å²) in [4.78, 5) is 14.4. The fourth-order valence-electron chi connectivity index (χ4n) is 2.07. The molecule has 0 amide bonds. The Balaban J connectivity index is 0.000000208. The van der Waals surface area contributed by atoms with Crippen molar-refractivity contribution < 1.29 is 31.5 Å². The number of benzene rings is 2. The van der Waals surface area contributed by atoms with Crippen LogP contribution in [0.5, 0.6) is 0 Å². The van der Waals surface area contributed by atoms with Gasteiger partial charge in [0.05, 0.1) is 10.5 Å². The van der Waals surface area contributed by atoms with Gasteiger partial charge in [-0.1, -0.05) is 17.7 Å². The molecule has 0 radical (unpaired) electrons. The first-order chi connectivity index (χ1) is 12.7. The van der Waals surface area contributed by atoms with E-state index in [1.807, 2.05) is 6.92 Å². The minimum absolute atomic E-state index is 0.132. The van der Waals surface area contributed by atoms with E-state index in [9.17, 15) is 26.5 Å². The number of hydrogen-bond donors (Lipinski definition) is 0. The molecule has 0 fully saturated rings. The van der Waals surface area contributed by atoms with E-state index in [0.717, 1.165) is 17.7 Å². The second-order valence-electron chi connectivity index (χ2n) is 5.51. The zero-order valence-electron chi connectivity index (χ0n) is 14.1. The molecule has 3 rings (SSSR count). The average molecular weight is 391 g/mol. The van der Waals surface area contributed by atoms with Crippen molar-refractivity contribution in [3.05, 3.63) is 95.3 Å². The number of aromatic nitrogens is 1. The lowest BCUT2D eigenvalue weighted by atomic mass is 10.0. The lowest BCUT2D eigenvalue weighted by molar-refractivity contribution is -0.378. The highest BCUT2D eigenvalue weighted by molar-refractivity contribution is 7.85. The van der Waals surface area contributed by atoms with Gasteiger partial charge in [0.25, 0.3) is 0 Å². The molecule has 0 atom stereocenters. The second kappa shape index (κ2) is 8.61. The van der Waals surface area contributed by atoms with Gasteiger partial charge in [-0.05, 0) is 31.2 Å². The maximum Gasteiger partial charge on any atom is 0.196 e. The number of aryl methyl sites for hydroxylation is 1. The molecule has 0 saturated carbocycles. The molecule has 1 heterocycles. The third-order valence-corrected chi connectivity index (χ3v) is 4.32. The summed E-state index contributed by atoms with van der Waals surface area (Å²) >= 11 is 0. The third kappa shape index (κ3) is 5.77. The summed E-state index contributed by atoms with van der Waals surface area (Å²) in [5.41, 5.74) is 1.15. The summed E-state index contributed by atoms with van der Waals surface area (Å²) < 4.78 is 57.1. The van der Waals surface area contributed by atoms with Crippen LogP contribution in [0.2, 0.25) is 0 Å². The van der Waals surface area contributed by atoms with Gasteiger partial charge in [0.1, 0.15) is 21.8 Å². The van der Waals surface area contributed by atoms with E-state index in [-0.39, 0.29) is 10.5 Å². The molecule has 140 valence electrons. The van der Waals surface area contributed by atoms with Gasteiger partial charge in [0.2, 0.25) is 0 Å². The number of nitrogens with one attached hydrogen (secondary N) is 1. The van der Waals surface area contributed by atoms with Crippen molar-refractivity contribution in [1.29, 1.82) is 0 Å². The smallest absolute Gasteiger partial charge is 0.196 e. The lowest BCUT2D eigenvalue weighted by Crippen LogP contribution is -2.07. The molecule has 0 saturated heterocycles. The van der Waals surface area contributed by atoms with Crippen LogP contribution in [0.4, 0.5) is 8.78 Å². The van der Waals surface area contributed by atoms with Crippen molar-refractivity contribution in [2.75, 3.05) is 0 Å². The van der Waals surface area contributed by atoms with Gasteiger partial charge < -0.3 is 4.55 Å². The molecule has 3 aromatic rings. The van der Waals surface area contributed by atoms with Crippen LogP contribution in [-0.2, 0) is 10.1 Å². The van der Waals surface area contributed by atoms with E-state index in [4.69, 9.17) is 0 Å². The molecular formula is C19H15F2NO4S. The van der Waals surface area contributed by atoms with Gasteiger partial charge in [0.15, 0.2) is 18.2 Å². The number of rotatable bonds is 3. The molecule has 27 heavy (non-hydrogen) atoms. The summed E-state index contributed by atoms with van der Waals surface area (Å²) in [6, 6.07) is 11.7. The third-order valence-electron chi connectivity index (χ3n) is 3.47. The van der Waals surface area contributed by atoms with Crippen molar-refractivity contribution >= 4 is 15.9 Å². The van der Waals surface area contributed by atoms with Crippen LogP contribution < -0.4 is 4.98 Å². The molecule has 8 heteroatoms. The van der Waals surface area contributed by atoms with Gasteiger partial charge in [-0.15, -0.1) is 0 Å². The highest BCUT2D eigenvalue weighted by Gasteiger charge is 2.14. The Morgan fingerprint density at radius 1 is 0.963 bits per heavy atom. The Kier molecular flexibility index (Phi) is 6.49. The number of H-pyrrole nitrogens is 1. The van der Waals surface area contributed by atoms with Gasteiger partial charge in [-0.25, -0.2) is 22.2 Å². The number of carbonyl (C=O) groups is 1. The molecule has 0 aliphatic heterocycles. The first-order valence-electron chi connectivity index (χ1n) is 7.67. The van der Waals surface area contributed by atoms with Crippen molar-refractivity contribution in [3.63, 3.8) is 0 Å². The second-order valence-corrected chi connectivity index (χ2v) is 6.89. The summed E-state index contributed by atoms with van der Waals surface area (Å²) in [6.45, 7) is 1.82. The molecule has 2 aromatic carbocycles. The van der Waals surface area contributed by atoms with E-state index in [1.54, 1.807) is 24.5 Å². The van der Waals surface area contributed by atoms with Crippen LogP contribution in [0.25, 0.3) is 0 Å². The predicted molar refractivity (Wildman–Crippen MR) is 91.9 cm³/mol. The molecule has 0 spiro atoms. The number of carbonyl (C=O) groups excluding carboxylic acids is 1. The Morgan fingerprint density at radius 2 is 1.56 bits per heavy atom. The Morgan fingerprint density at radius 3 is 2.07 bits per heavy atom. The number of pyridine rings is 1. The van der Waals surface area contributed by atoms with Crippen molar-refractivity contribution in [2.24, 2.45) is 0 Å². The van der Waals surface area contributed by atoms with E-state index >= 15 is 0 Å². The first kappa shape index (κ1) is 20.3.